The fourth-order valence-electron chi connectivity index (χ4n) is 3.17. The van der Waals surface area contributed by atoms with E-state index in [1.165, 1.54) is 27.8 Å². The Bertz CT molecular complexity index is 757. The van der Waals surface area contributed by atoms with Crippen LogP contribution in [-0.2, 0) is 0 Å². The first-order valence-corrected chi connectivity index (χ1v) is 12.7. The first-order chi connectivity index (χ1) is 16.3. The van der Waals surface area contributed by atoms with Crippen LogP contribution >= 0.6 is 0 Å². The minimum absolute atomic E-state index is 0.280. The Hall–Kier alpha value is -2.86. The van der Waals surface area contributed by atoms with E-state index in [1.54, 1.807) is 6.08 Å². The van der Waals surface area contributed by atoms with Gasteiger partial charge in [-0.1, -0.05) is 167 Å². The first-order valence-electron chi connectivity index (χ1n) is 12.7. The Balaban J connectivity index is -0.000000544. The summed E-state index contributed by atoms with van der Waals surface area (Å²) in [4.78, 5) is 0. The van der Waals surface area contributed by atoms with Crippen molar-refractivity contribution in [1.29, 1.82) is 0 Å². The van der Waals surface area contributed by atoms with Gasteiger partial charge in [-0.15, -0.1) is 0 Å². The third kappa shape index (κ3) is 11.5. The van der Waals surface area contributed by atoms with Crippen LogP contribution in [0.1, 0.15) is 85.8 Å². The highest BCUT2D eigenvalue weighted by Crippen LogP contribution is 2.47. The molecule has 0 saturated carbocycles. The predicted octanol–water partition coefficient (Wildman–Crippen LogP) is 11.3. The monoisotopic (exact) mass is 446 g/mol. The molecule has 0 nitrogen and oxygen atoms in total. The van der Waals surface area contributed by atoms with Gasteiger partial charge in [-0.2, -0.15) is 0 Å². The zero-order chi connectivity index (χ0) is 26.1. The van der Waals surface area contributed by atoms with Gasteiger partial charge in [0.25, 0.3) is 0 Å². The largest absolute Gasteiger partial charge is 0.0991 e. The molecule has 2 aromatic carbocycles. The van der Waals surface area contributed by atoms with Gasteiger partial charge < -0.3 is 0 Å². The molecule has 33 heavy (non-hydrogen) atoms. The van der Waals surface area contributed by atoms with Crippen molar-refractivity contribution in [3.63, 3.8) is 0 Å². The number of fused-ring (bicyclic) bond motifs is 3. The molecule has 0 heteroatoms. The second-order valence-electron chi connectivity index (χ2n) is 5.79. The minimum Gasteiger partial charge on any atom is -0.0991 e. The highest BCUT2D eigenvalue weighted by Gasteiger charge is 2.29. The third-order valence-corrected chi connectivity index (χ3v) is 4.22. The van der Waals surface area contributed by atoms with Crippen molar-refractivity contribution in [2.75, 3.05) is 0 Å². The standard InChI is InChI=1S/C19H16.C6H10.4C2H6/c1-3-9-14(4-2)19-17-12-7-5-10-15(17)16-11-6-8-13-18(16)19;1-3-5-6-4-2;4*1-2/h3-13,19H,1-2H2;3,5-6H,1,4H2,2H3;4*1-2H3/b14-9+;6-5-;;;;. The summed E-state index contributed by atoms with van der Waals surface area (Å²) >= 11 is 0. The van der Waals surface area contributed by atoms with E-state index in [9.17, 15) is 0 Å². The number of allylic oxidation sites excluding steroid dienone is 7. The highest BCUT2D eigenvalue weighted by molar-refractivity contribution is 5.80. The van der Waals surface area contributed by atoms with E-state index in [-0.39, 0.29) is 5.92 Å². The Kier molecular flexibility index (Phi) is 26.7. The zero-order valence-corrected chi connectivity index (χ0v) is 23.0. The summed E-state index contributed by atoms with van der Waals surface area (Å²) in [6.45, 7) is 29.4. The zero-order valence-electron chi connectivity index (χ0n) is 23.0. The average molecular weight is 447 g/mol. The lowest BCUT2D eigenvalue weighted by Crippen LogP contribution is -1.98. The number of benzene rings is 2. The molecule has 3 rings (SSSR count). The highest BCUT2D eigenvalue weighted by atomic mass is 14.3. The SMILES string of the molecule is C=C/C=C(\C=C)C1c2ccccc2-c2ccccc21.C=C/C=C\CC.CC.CC.CC.CC. The average Bonchev–Trinajstić information content (AvgIpc) is 3.25. The molecule has 0 saturated heterocycles. The predicted molar refractivity (Wildman–Crippen MR) is 157 cm³/mol. The summed E-state index contributed by atoms with van der Waals surface area (Å²) in [6.07, 6.45) is 12.7. The molecule has 1 aliphatic carbocycles. The molecule has 0 fully saturated rings. The molecule has 0 atom stereocenters. The smallest absolute Gasteiger partial charge is 0.0352 e. The second kappa shape index (κ2) is 25.4. The van der Waals surface area contributed by atoms with Crippen molar-refractivity contribution in [2.24, 2.45) is 0 Å². The summed E-state index contributed by atoms with van der Waals surface area (Å²) in [5.74, 6) is 0.280. The summed E-state index contributed by atoms with van der Waals surface area (Å²) < 4.78 is 0. The van der Waals surface area contributed by atoms with Crippen LogP contribution in [-0.4, -0.2) is 0 Å². The second-order valence-corrected chi connectivity index (χ2v) is 5.79. The summed E-state index contributed by atoms with van der Waals surface area (Å²) in [7, 11) is 0. The summed E-state index contributed by atoms with van der Waals surface area (Å²) in [5.41, 5.74) is 6.58. The van der Waals surface area contributed by atoms with E-state index in [0.29, 0.717) is 0 Å². The van der Waals surface area contributed by atoms with E-state index in [0.717, 1.165) is 6.42 Å². The first kappa shape index (κ1) is 34.7. The Labute approximate surface area is 207 Å². The van der Waals surface area contributed by atoms with Crippen LogP contribution in [0.15, 0.2) is 110 Å². The molecule has 0 aromatic heterocycles. The van der Waals surface area contributed by atoms with Crippen molar-refractivity contribution in [3.8, 4) is 11.1 Å². The van der Waals surface area contributed by atoms with Crippen LogP contribution < -0.4 is 0 Å². The van der Waals surface area contributed by atoms with E-state index in [2.05, 4.69) is 87.3 Å². The molecule has 0 heterocycles. The van der Waals surface area contributed by atoms with E-state index < -0.39 is 0 Å². The maximum Gasteiger partial charge on any atom is 0.0352 e. The quantitative estimate of drug-likeness (QED) is 0.400. The molecule has 0 bridgehead atoms. The van der Waals surface area contributed by atoms with E-state index >= 15 is 0 Å². The third-order valence-electron chi connectivity index (χ3n) is 4.22. The molecule has 2 aromatic rings. The van der Waals surface area contributed by atoms with E-state index in [4.69, 9.17) is 0 Å². The molecular weight excluding hydrogens is 396 g/mol. The summed E-state index contributed by atoms with van der Waals surface area (Å²) in [5, 5.41) is 0. The Morgan fingerprint density at radius 3 is 1.42 bits per heavy atom. The van der Waals surface area contributed by atoms with Crippen LogP contribution in [0.25, 0.3) is 11.1 Å². The fourth-order valence-corrected chi connectivity index (χ4v) is 3.17. The molecule has 1 aliphatic rings. The van der Waals surface area contributed by atoms with Gasteiger partial charge in [0.05, 0.1) is 0 Å². The van der Waals surface area contributed by atoms with Gasteiger partial charge in [-0.05, 0) is 34.2 Å². The topological polar surface area (TPSA) is 0 Å². The number of rotatable bonds is 5. The summed E-state index contributed by atoms with van der Waals surface area (Å²) in [6, 6.07) is 17.2. The van der Waals surface area contributed by atoms with Crippen molar-refractivity contribution in [2.45, 2.75) is 74.7 Å². The normalized spacial score (nSPS) is 10.4. The van der Waals surface area contributed by atoms with Crippen molar-refractivity contribution < 1.29 is 0 Å². The lowest BCUT2D eigenvalue weighted by molar-refractivity contribution is 1.02. The van der Waals surface area contributed by atoms with Gasteiger partial charge >= 0.3 is 0 Å². The number of hydrogen-bond donors (Lipinski definition) is 0. The van der Waals surface area contributed by atoms with Crippen LogP contribution in [0.3, 0.4) is 0 Å². The molecule has 0 unspecified atom stereocenters. The van der Waals surface area contributed by atoms with Crippen LogP contribution in [0.5, 0.6) is 0 Å². The van der Waals surface area contributed by atoms with Gasteiger partial charge in [0.1, 0.15) is 0 Å². The van der Waals surface area contributed by atoms with Gasteiger partial charge in [-0.3, -0.25) is 0 Å². The van der Waals surface area contributed by atoms with Gasteiger partial charge in [0.2, 0.25) is 0 Å². The van der Waals surface area contributed by atoms with Gasteiger partial charge in [-0.25, -0.2) is 0 Å². The van der Waals surface area contributed by atoms with Gasteiger partial charge in [0, 0.05) is 5.92 Å². The molecule has 0 aliphatic heterocycles. The number of hydrogen-bond acceptors (Lipinski definition) is 0. The molecule has 0 N–H and O–H groups in total. The molecule has 182 valence electrons. The van der Waals surface area contributed by atoms with Crippen LogP contribution in [0, 0.1) is 0 Å². The fraction of sp³-hybridized carbons (Fsp3) is 0.333. The van der Waals surface area contributed by atoms with Crippen LogP contribution in [0.2, 0.25) is 0 Å². The van der Waals surface area contributed by atoms with E-state index in [1.807, 2.05) is 73.6 Å². The molecule has 0 radical (unpaired) electrons. The van der Waals surface area contributed by atoms with Crippen LogP contribution in [0.4, 0.5) is 0 Å². The maximum atomic E-state index is 3.95. The molecule has 0 spiro atoms. The molecular formula is C33H50. The van der Waals surface area contributed by atoms with Gasteiger partial charge in [0.15, 0.2) is 0 Å². The van der Waals surface area contributed by atoms with Crippen molar-refractivity contribution in [1.82, 2.24) is 0 Å². The molecule has 0 amide bonds. The minimum atomic E-state index is 0.280. The van der Waals surface area contributed by atoms with Crippen molar-refractivity contribution in [3.05, 3.63) is 121 Å². The Morgan fingerprint density at radius 1 is 0.697 bits per heavy atom. The lowest BCUT2D eigenvalue weighted by atomic mass is 9.89. The van der Waals surface area contributed by atoms with Crippen molar-refractivity contribution >= 4 is 0 Å². The lowest BCUT2D eigenvalue weighted by Gasteiger charge is -2.14. The Morgan fingerprint density at radius 2 is 1.12 bits per heavy atom. The maximum absolute atomic E-state index is 3.95.